The van der Waals surface area contributed by atoms with Crippen molar-refractivity contribution >= 4 is 11.8 Å². The molecule has 80 valence electrons. The molecule has 0 bridgehead atoms. The molecule has 0 aliphatic carbocycles. The standard InChI is InChI=1S/C10H18N2OS/c1-4-12-10(2-5-14-6-3-10)13-9(1)7-11-8-9/h11-12H,1-8H2. The van der Waals surface area contributed by atoms with E-state index in [1.54, 1.807) is 0 Å². The summed E-state index contributed by atoms with van der Waals surface area (Å²) in [6, 6.07) is 0. The number of nitrogens with one attached hydrogen (secondary N) is 2. The number of ether oxygens (including phenoxy) is 1. The van der Waals surface area contributed by atoms with Crippen molar-refractivity contribution in [2.75, 3.05) is 31.1 Å². The van der Waals surface area contributed by atoms with Gasteiger partial charge in [0.1, 0.15) is 5.72 Å². The molecule has 0 saturated carbocycles. The lowest BCUT2D eigenvalue weighted by Gasteiger charge is -2.54. The zero-order valence-corrected chi connectivity index (χ0v) is 9.29. The first-order valence-corrected chi connectivity index (χ1v) is 6.72. The van der Waals surface area contributed by atoms with Crippen molar-refractivity contribution < 1.29 is 4.74 Å². The Balaban J connectivity index is 1.73. The molecule has 3 aliphatic rings. The quantitative estimate of drug-likeness (QED) is 0.617. The van der Waals surface area contributed by atoms with Gasteiger partial charge in [0, 0.05) is 19.6 Å². The van der Waals surface area contributed by atoms with Crippen LogP contribution in [0, 0.1) is 0 Å². The van der Waals surface area contributed by atoms with Gasteiger partial charge in [-0.3, -0.25) is 5.32 Å². The van der Waals surface area contributed by atoms with Gasteiger partial charge in [0.2, 0.25) is 0 Å². The number of thioether (sulfide) groups is 1. The fourth-order valence-electron chi connectivity index (χ4n) is 2.65. The van der Waals surface area contributed by atoms with Crippen molar-refractivity contribution in [1.82, 2.24) is 10.6 Å². The molecule has 0 aromatic carbocycles. The largest absolute Gasteiger partial charge is 0.351 e. The first-order chi connectivity index (χ1) is 6.83. The molecule has 0 atom stereocenters. The maximum atomic E-state index is 6.35. The highest BCUT2D eigenvalue weighted by molar-refractivity contribution is 7.99. The van der Waals surface area contributed by atoms with E-state index < -0.39 is 0 Å². The molecule has 3 fully saturated rings. The Kier molecular flexibility index (Phi) is 2.28. The van der Waals surface area contributed by atoms with Crippen molar-refractivity contribution in [3.8, 4) is 0 Å². The number of hydrogen-bond donors (Lipinski definition) is 2. The maximum Gasteiger partial charge on any atom is 0.121 e. The molecule has 3 nitrogen and oxygen atoms in total. The predicted octanol–water partition coefficient (Wildman–Crippen LogP) is 0.562. The Hall–Kier alpha value is 0.230. The second-order valence-electron chi connectivity index (χ2n) is 4.67. The molecule has 0 unspecified atom stereocenters. The predicted molar refractivity (Wildman–Crippen MR) is 58.6 cm³/mol. The van der Waals surface area contributed by atoms with Gasteiger partial charge in [0.25, 0.3) is 0 Å². The molecular weight excluding hydrogens is 196 g/mol. The minimum Gasteiger partial charge on any atom is -0.351 e. The van der Waals surface area contributed by atoms with Crippen molar-refractivity contribution in [3.05, 3.63) is 0 Å². The van der Waals surface area contributed by atoms with E-state index in [-0.39, 0.29) is 11.3 Å². The monoisotopic (exact) mass is 214 g/mol. The van der Waals surface area contributed by atoms with E-state index in [9.17, 15) is 0 Å². The first kappa shape index (κ1) is 9.46. The lowest BCUT2D eigenvalue weighted by Crippen LogP contribution is -2.71. The van der Waals surface area contributed by atoms with Crippen LogP contribution >= 0.6 is 11.8 Å². The summed E-state index contributed by atoms with van der Waals surface area (Å²) in [5, 5.41) is 6.93. The van der Waals surface area contributed by atoms with Gasteiger partial charge < -0.3 is 10.1 Å². The van der Waals surface area contributed by atoms with E-state index in [1.165, 1.54) is 30.8 Å². The molecule has 2 N–H and O–H groups in total. The van der Waals surface area contributed by atoms with Crippen molar-refractivity contribution in [2.45, 2.75) is 30.6 Å². The third kappa shape index (κ3) is 1.48. The SMILES string of the molecule is C1CC2(CNC2)OC2(CCSCC2)N1. The van der Waals surface area contributed by atoms with Gasteiger partial charge in [-0.15, -0.1) is 0 Å². The van der Waals surface area contributed by atoms with Crippen LogP contribution in [-0.4, -0.2) is 42.5 Å². The van der Waals surface area contributed by atoms with E-state index in [0.717, 1.165) is 19.6 Å². The third-order valence-corrected chi connectivity index (χ3v) is 4.62. The van der Waals surface area contributed by atoms with Crippen LogP contribution in [0.2, 0.25) is 0 Å². The molecule has 4 heteroatoms. The van der Waals surface area contributed by atoms with Crippen LogP contribution in [0.1, 0.15) is 19.3 Å². The fourth-order valence-corrected chi connectivity index (χ4v) is 3.80. The fraction of sp³-hybridized carbons (Fsp3) is 1.00. The lowest BCUT2D eigenvalue weighted by molar-refractivity contribution is -0.221. The normalized spacial score (nSPS) is 34.3. The Morgan fingerprint density at radius 1 is 1.07 bits per heavy atom. The van der Waals surface area contributed by atoms with Crippen LogP contribution in [0.3, 0.4) is 0 Å². The van der Waals surface area contributed by atoms with Gasteiger partial charge >= 0.3 is 0 Å². The Labute approximate surface area is 89.3 Å². The summed E-state index contributed by atoms with van der Waals surface area (Å²) in [5.41, 5.74) is 0.221. The third-order valence-electron chi connectivity index (χ3n) is 3.63. The summed E-state index contributed by atoms with van der Waals surface area (Å²) in [6.45, 7) is 3.25. The average molecular weight is 214 g/mol. The Morgan fingerprint density at radius 3 is 2.50 bits per heavy atom. The van der Waals surface area contributed by atoms with Crippen LogP contribution in [0.25, 0.3) is 0 Å². The maximum absolute atomic E-state index is 6.35. The van der Waals surface area contributed by atoms with E-state index >= 15 is 0 Å². The van der Waals surface area contributed by atoms with Crippen molar-refractivity contribution in [1.29, 1.82) is 0 Å². The van der Waals surface area contributed by atoms with Crippen LogP contribution in [0.4, 0.5) is 0 Å². The summed E-state index contributed by atoms with van der Waals surface area (Å²) < 4.78 is 6.35. The van der Waals surface area contributed by atoms with Crippen LogP contribution < -0.4 is 10.6 Å². The molecular formula is C10H18N2OS. The highest BCUT2D eigenvalue weighted by Crippen LogP contribution is 2.37. The first-order valence-electron chi connectivity index (χ1n) is 5.56. The molecule has 2 spiro atoms. The zero-order chi connectivity index (χ0) is 9.49. The van der Waals surface area contributed by atoms with Crippen LogP contribution in [-0.2, 0) is 4.74 Å². The van der Waals surface area contributed by atoms with Crippen LogP contribution in [0.5, 0.6) is 0 Å². The molecule has 3 aliphatic heterocycles. The van der Waals surface area contributed by atoms with Crippen molar-refractivity contribution in [3.63, 3.8) is 0 Å². The summed E-state index contributed by atoms with van der Waals surface area (Å²) in [4.78, 5) is 0. The Morgan fingerprint density at radius 2 is 1.86 bits per heavy atom. The van der Waals surface area contributed by atoms with E-state index in [0.29, 0.717) is 0 Å². The minimum atomic E-state index is 0.0333. The van der Waals surface area contributed by atoms with Crippen LogP contribution in [0.15, 0.2) is 0 Å². The summed E-state index contributed by atoms with van der Waals surface area (Å²) in [6.07, 6.45) is 3.54. The molecule has 0 aromatic rings. The number of hydrogen-bond acceptors (Lipinski definition) is 4. The van der Waals surface area contributed by atoms with E-state index in [2.05, 4.69) is 22.4 Å². The molecule has 3 heterocycles. The summed E-state index contributed by atoms with van der Waals surface area (Å²) in [7, 11) is 0. The molecule has 0 amide bonds. The van der Waals surface area contributed by atoms with Crippen molar-refractivity contribution in [2.24, 2.45) is 0 Å². The highest BCUT2D eigenvalue weighted by atomic mass is 32.2. The Bertz CT molecular complexity index is 219. The highest BCUT2D eigenvalue weighted by Gasteiger charge is 2.49. The van der Waals surface area contributed by atoms with Gasteiger partial charge in [-0.2, -0.15) is 11.8 Å². The lowest BCUT2D eigenvalue weighted by atomic mass is 9.88. The second kappa shape index (κ2) is 3.37. The summed E-state index contributed by atoms with van der Waals surface area (Å²) in [5.74, 6) is 2.49. The van der Waals surface area contributed by atoms with Gasteiger partial charge in [0.05, 0.1) is 5.60 Å². The number of rotatable bonds is 0. The molecule has 3 rings (SSSR count). The molecule has 0 aromatic heterocycles. The van der Waals surface area contributed by atoms with Gasteiger partial charge in [0.15, 0.2) is 0 Å². The molecule has 3 saturated heterocycles. The average Bonchev–Trinajstić information content (AvgIpc) is 2.17. The molecule has 14 heavy (non-hydrogen) atoms. The minimum absolute atomic E-state index is 0.0333. The van der Waals surface area contributed by atoms with Gasteiger partial charge in [-0.25, -0.2) is 0 Å². The van der Waals surface area contributed by atoms with E-state index in [4.69, 9.17) is 4.74 Å². The van der Waals surface area contributed by atoms with Gasteiger partial charge in [-0.05, 0) is 30.8 Å². The molecule has 0 radical (unpaired) electrons. The smallest absolute Gasteiger partial charge is 0.121 e. The topological polar surface area (TPSA) is 33.3 Å². The summed E-state index contributed by atoms with van der Waals surface area (Å²) >= 11 is 2.05. The zero-order valence-electron chi connectivity index (χ0n) is 8.47. The van der Waals surface area contributed by atoms with E-state index in [1.807, 2.05) is 0 Å². The second-order valence-corrected chi connectivity index (χ2v) is 5.90. The van der Waals surface area contributed by atoms with Gasteiger partial charge in [-0.1, -0.05) is 0 Å².